The number of nitrogens with zero attached hydrogens (tertiary/aromatic N) is 2. The fourth-order valence-electron chi connectivity index (χ4n) is 4.48. The molecule has 0 atom stereocenters. The molecule has 5 aromatic carbocycles. The number of rotatable bonds is 7. The van der Waals surface area contributed by atoms with Crippen molar-refractivity contribution in [3.8, 4) is 5.75 Å². The van der Waals surface area contributed by atoms with Crippen LogP contribution in [0.2, 0.25) is 0 Å². The van der Waals surface area contributed by atoms with Crippen LogP contribution in [-0.4, -0.2) is 50.6 Å². The highest BCUT2D eigenvalue weighted by Crippen LogP contribution is 2.55. The molecule has 0 aromatic heterocycles. The lowest BCUT2D eigenvalue weighted by atomic mass is 10.1. The Morgan fingerprint density at radius 3 is 2.00 bits per heavy atom. The van der Waals surface area contributed by atoms with Crippen LogP contribution in [0.5, 0.6) is 5.75 Å². The van der Waals surface area contributed by atoms with Gasteiger partial charge in [-0.3, -0.25) is 13.9 Å². The van der Waals surface area contributed by atoms with Crippen LogP contribution in [0.3, 0.4) is 0 Å². The second kappa shape index (κ2) is 11.2. The predicted octanol–water partition coefficient (Wildman–Crippen LogP) is 6.44. The van der Waals surface area contributed by atoms with Crippen LogP contribution < -0.4 is 5.32 Å². The number of fused-ring (bicyclic) bond motifs is 2. The summed E-state index contributed by atoms with van der Waals surface area (Å²) in [5, 5.41) is 21.2. The summed E-state index contributed by atoms with van der Waals surface area (Å²) in [5.74, 6) is -1.71. The van der Waals surface area contributed by atoms with E-state index in [1.807, 2.05) is 0 Å². The van der Waals surface area contributed by atoms with Gasteiger partial charge in [0.15, 0.2) is 5.75 Å². The number of benzene rings is 5. The normalized spacial score (nSPS) is 13.0. The molecule has 7 N–H and O–H groups in total. The second-order valence-corrected chi connectivity index (χ2v) is 13.5. The molecule has 5 rings (SSSR count). The average molecular weight is 660 g/mol. The van der Waals surface area contributed by atoms with E-state index < -0.39 is 68.8 Å². The van der Waals surface area contributed by atoms with E-state index in [1.54, 1.807) is 30.3 Å². The topological polar surface area (TPSA) is 243 Å². The molecule has 228 valence electrons. The molecule has 17 heteroatoms. The van der Waals surface area contributed by atoms with Crippen molar-refractivity contribution in [1.29, 1.82) is 0 Å². The van der Waals surface area contributed by atoms with Crippen LogP contribution in [0.1, 0.15) is 10.4 Å². The Hall–Kier alpha value is -4.46. The summed E-state index contributed by atoms with van der Waals surface area (Å²) in [5.41, 5.74) is -1.47. The Bertz CT molecular complexity index is 2220. The molecule has 0 aliphatic heterocycles. The standard InChI is InChI=1S/C27H21N3O11S3/c31-25-23-17(12-18(42(33,34)35)14-21(23)28-27(32)16-7-2-1-3-8-16)13-22(43(36,37)38)24(25)30-29-20-11-10-15-6-4-5-9-19(15)26(20)44(39,40)41/h1-14,31,36-38H,(H,28,32)(H,33,34,35)(H,39,40,41). The maximum atomic E-state index is 12.9. The zero-order valence-corrected chi connectivity index (χ0v) is 24.4. The number of carbonyl (C=O) groups is 1. The SMILES string of the molecule is O=C(Nc1cc(S(=O)(=O)O)cc2cc(S(O)(O)O)c(N=Nc3ccc4ccccc4c3S(=O)(=O)O)c(O)c12)c1ccccc1. The number of azo groups is 1. The lowest BCUT2D eigenvalue weighted by Gasteiger charge is -2.23. The third-order valence-electron chi connectivity index (χ3n) is 6.38. The minimum Gasteiger partial charge on any atom is -0.505 e. The van der Waals surface area contributed by atoms with Crippen molar-refractivity contribution in [3.63, 3.8) is 0 Å². The van der Waals surface area contributed by atoms with E-state index in [4.69, 9.17) is 0 Å². The summed E-state index contributed by atoms with van der Waals surface area (Å²) >= 11 is 0. The van der Waals surface area contributed by atoms with Crippen molar-refractivity contribution >= 4 is 75.6 Å². The van der Waals surface area contributed by atoms with Crippen LogP contribution in [0.15, 0.2) is 110 Å². The summed E-state index contributed by atoms with van der Waals surface area (Å²) in [6, 6.07) is 18.9. The van der Waals surface area contributed by atoms with E-state index in [-0.39, 0.29) is 27.4 Å². The largest absolute Gasteiger partial charge is 0.505 e. The van der Waals surface area contributed by atoms with Crippen molar-refractivity contribution in [3.05, 3.63) is 90.5 Å². The Morgan fingerprint density at radius 1 is 0.705 bits per heavy atom. The van der Waals surface area contributed by atoms with Crippen molar-refractivity contribution in [1.82, 2.24) is 0 Å². The van der Waals surface area contributed by atoms with Crippen molar-refractivity contribution < 1.29 is 49.5 Å². The molecular weight excluding hydrogens is 639 g/mol. The minimum absolute atomic E-state index is 0.0736. The van der Waals surface area contributed by atoms with Gasteiger partial charge in [0.05, 0.1) is 15.5 Å². The van der Waals surface area contributed by atoms with Gasteiger partial charge < -0.3 is 24.1 Å². The number of nitrogens with one attached hydrogen (secondary N) is 1. The minimum atomic E-state index is -4.91. The molecule has 0 radical (unpaired) electrons. The van der Waals surface area contributed by atoms with Crippen LogP contribution in [0.4, 0.5) is 17.1 Å². The highest BCUT2D eigenvalue weighted by Gasteiger charge is 2.28. The van der Waals surface area contributed by atoms with E-state index in [0.29, 0.717) is 5.39 Å². The highest BCUT2D eigenvalue weighted by molar-refractivity contribution is 8.19. The summed E-state index contributed by atoms with van der Waals surface area (Å²) in [4.78, 5) is 10.7. The van der Waals surface area contributed by atoms with E-state index in [0.717, 1.165) is 18.2 Å². The molecule has 0 heterocycles. The summed E-state index contributed by atoms with van der Waals surface area (Å²) in [6.45, 7) is 0. The number of carbonyl (C=O) groups excluding carboxylic acids is 1. The van der Waals surface area contributed by atoms with E-state index >= 15 is 0 Å². The summed E-state index contributed by atoms with van der Waals surface area (Å²) in [7, 11) is -14.5. The molecule has 5 aromatic rings. The van der Waals surface area contributed by atoms with Crippen LogP contribution in [0, 0.1) is 0 Å². The number of phenols is 1. The Kier molecular flexibility index (Phi) is 7.91. The zero-order valence-electron chi connectivity index (χ0n) is 21.9. The average Bonchev–Trinajstić information content (AvgIpc) is 2.94. The molecule has 14 nitrogen and oxygen atoms in total. The highest BCUT2D eigenvalue weighted by atomic mass is 32.3. The van der Waals surface area contributed by atoms with Gasteiger partial charge in [0, 0.05) is 16.3 Å². The van der Waals surface area contributed by atoms with E-state index in [2.05, 4.69) is 15.5 Å². The van der Waals surface area contributed by atoms with Crippen molar-refractivity contribution in [2.45, 2.75) is 14.7 Å². The third-order valence-corrected chi connectivity index (χ3v) is 9.05. The molecule has 0 spiro atoms. The van der Waals surface area contributed by atoms with Gasteiger partial charge in [0.25, 0.3) is 26.1 Å². The van der Waals surface area contributed by atoms with Crippen LogP contribution in [0.25, 0.3) is 21.5 Å². The first-order chi connectivity index (χ1) is 20.6. The maximum absolute atomic E-state index is 12.9. The fourth-order valence-corrected chi connectivity index (χ4v) is 6.54. The molecule has 0 saturated heterocycles. The first-order valence-electron chi connectivity index (χ1n) is 12.1. The number of phenolic OH excluding ortho intramolecular Hbond substituents is 1. The van der Waals surface area contributed by atoms with Crippen LogP contribution >= 0.6 is 10.9 Å². The Labute approximate surface area is 251 Å². The molecule has 0 unspecified atom stereocenters. The molecule has 0 fully saturated rings. The smallest absolute Gasteiger partial charge is 0.297 e. The van der Waals surface area contributed by atoms with Crippen molar-refractivity contribution in [2.75, 3.05) is 5.32 Å². The molecule has 1 amide bonds. The van der Waals surface area contributed by atoms with E-state index in [9.17, 15) is 49.5 Å². The summed E-state index contributed by atoms with van der Waals surface area (Å²) in [6.07, 6.45) is 0. The zero-order chi connectivity index (χ0) is 32.0. The van der Waals surface area contributed by atoms with Gasteiger partial charge in [-0.15, -0.1) is 10.2 Å². The van der Waals surface area contributed by atoms with Gasteiger partial charge in [-0.25, -0.2) is 0 Å². The molecular formula is C27H21N3O11S3. The van der Waals surface area contributed by atoms with Gasteiger partial charge in [-0.1, -0.05) is 48.5 Å². The predicted molar refractivity (Wildman–Crippen MR) is 162 cm³/mol. The first kappa shape index (κ1) is 31.0. The van der Waals surface area contributed by atoms with Gasteiger partial charge in [-0.05, 0) is 47.2 Å². The quantitative estimate of drug-likeness (QED) is 0.0740. The van der Waals surface area contributed by atoms with Gasteiger partial charge >= 0.3 is 0 Å². The lowest BCUT2D eigenvalue weighted by Crippen LogP contribution is -2.13. The van der Waals surface area contributed by atoms with E-state index in [1.165, 1.54) is 36.4 Å². The number of hydrogen-bond donors (Lipinski definition) is 7. The Balaban J connectivity index is 1.78. The lowest BCUT2D eigenvalue weighted by molar-refractivity contribution is 0.102. The Morgan fingerprint density at radius 2 is 1.36 bits per heavy atom. The van der Waals surface area contributed by atoms with Gasteiger partial charge in [-0.2, -0.15) is 16.8 Å². The fraction of sp³-hybridized carbons (Fsp3) is 0. The molecule has 0 aliphatic rings. The molecule has 0 bridgehead atoms. The molecule has 0 aliphatic carbocycles. The maximum Gasteiger partial charge on any atom is 0.297 e. The van der Waals surface area contributed by atoms with Gasteiger partial charge in [0.1, 0.15) is 27.1 Å². The van der Waals surface area contributed by atoms with Crippen molar-refractivity contribution in [2.24, 2.45) is 10.2 Å². The number of amides is 1. The number of hydrogen-bond acceptors (Lipinski definition) is 11. The number of aromatic hydroxyl groups is 1. The second-order valence-electron chi connectivity index (χ2n) is 9.26. The number of anilines is 1. The third kappa shape index (κ3) is 6.11. The summed E-state index contributed by atoms with van der Waals surface area (Å²) < 4.78 is 98.8. The molecule has 44 heavy (non-hydrogen) atoms. The van der Waals surface area contributed by atoms with Crippen LogP contribution in [-0.2, 0) is 20.2 Å². The first-order valence-corrected chi connectivity index (χ1v) is 16.5. The monoisotopic (exact) mass is 659 g/mol. The molecule has 0 saturated carbocycles. The van der Waals surface area contributed by atoms with Gasteiger partial charge in [0.2, 0.25) is 0 Å².